The highest BCUT2D eigenvalue weighted by molar-refractivity contribution is 5.00. The van der Waals surface area contributed by atoms with E-state index in [0.717, 1.165) is 5.92 Å². The van der Waals surface area contributed by atoms with Crippen LogP contribution in [0.15, 0.2) is 11.6 Å². The van der Waals surface area contributed by atoms with Gasteiger partial charge in [0.15, 0.2) is 0 Å². The first kappa shape index (κ1) is 11.8. The normalized spacial score (nSPS) is 23.4. The summed E-state index contributed by atoms with van der Waals surface area (Å²) >= 11 is 0. The summed E-state index contributed by atoms with van der Waals surface area (Å²) in [6.45, 7) is 3.53. The lowest BCUT2D eigenvalue weighted by Gasteiger charge is -2.15. The van der Waals surface area contributed by atoms with Gasteiger partial charge in [-0.15, -0.1) is 0 Å². The van der Waals surface area contributed by atoms with Crippen molar-refractivity contribution in [2.45, 2.75) is 45.4 Å². The molecule has 1 nitrogen and oxygen atoms in total. The van der Waals surface area contributed by atoms with Crippen molar-refractivity contribution >= 4 is 0 Å². The molecular formula is C13H25N. The maximum atomic E-state index is 2.44. The Morgan fingerprint density at radius 1 is 1.36 bits per heavy atom. The van der Waals surface area contributed by atoms with Crippen molar-refractivity contribution in [3.63, 3.8) is 0 Å². The molecule has 1 rings (SSSR count). The summed E-state index contributed by atoms with van der Waals surface area (Å²) < 4.78 is 0. The fourth-order valence-electron chi connectivity index (χ4n) is 2.23. The van der Waals surface area contributed by atoms with Gasteiger partial charge in [-0.1, -0.05) is 11.6 Å². The Balaban J connectivity index is 2.14. The molecule has 0 heterocycles. The van der Waals surface area contributed by atoms with E-state index in [1.54, 1.807) is 5.57 Å². The van der Waals surface area contributed by atoms with Crippen molar-refractivity contribution in [2.24, 2.45) is 5.92 Å². The van der Waals surface area contributed by atoms with Crippen molar-refractivity contribution in [3.05, 3.63) is 11.6 Å². The lowest BCUT2D eigenvalue weighted by atomic mass is 9.94. The number of allylic oxidation sites excluding steroid dienone is 2. The van der Waals surface area contributed by atoms with Gasteiger partial charge >= 0.3 is 0 Å². The summed E-state index contributed by atoms with van der Waals surface area (Å²) in [4.78, 5) is 2.29. The highest BCUT2D eigenvalue weighted by atomic mass is 15.0. The minimum Gasteiger partial charge on any atom is -0.309 e. The Morgan fingerprint density at radius 3 is 2.86 bits per heavy atom. The number of nitrogens with zero attached hydrogens (tertiary/aromatic N) is 1. The van der Waals surface area contributed by atoms with Gasteiger partial charge in [0.25, 0.3) is 0 Å². The first-order chi connectivity index (χ1) is 6.68. The van der Waals surface area contributed by atoms with Crippen LogP contribution in [0.25, 0.3) is 0 Å². The van der Waals surface area contributed by atoms with E-state index in [1.807, 2.05) is 0 Å². The monoisotopic (exact) mass is 195 g/mol. The second-order valence-electron chi connectivity index (χ2n) is 4.98. The van der Waals surface area contributed by atoms with E-state index in [9.17, 15) is 0 Å². The zero-order chi connectivity index (χ0) is 10.4. The van der Waals surface area contributed by atoms with Gasteiger partial charge < -0.3 is 4.90 Å². The summed E-state index contributed by atoms with van der Waals surface area (Å²) in [6.07, 6.45) is 10.7. The van der Waals surface area contributed by atoms with E-state index < -0.39 is 0 Å². The zero-order valence-corrected chi connectivity index (χ0v) is 10.1. The molecule has 0 aromatic heterocycles. The molecule has 0 aromatic carbocycles. The van der Waals surface area contributed by atoms with Crippen LogP contribution < -0.4 is 0 Å². The van der Waals surface area contributed by atoms with Crippen molar-refractivity contribution in [1.82, 2.24) is 4.90 Å². The maximum Gasteiger partial charge on any atom is -0.00247 e. The molecule has 1 aliphatic carbocycles. The molecule has 0 radical (unpaired) electrons. The second kappa shape index (κ2) is 6.23. The second-order valence-corrected chi connectivity index (χ2v) is 4.98. The minimum absolute atomic E-state index is 0.989. The number of rotatable bonds is 4. The van der Waals surface area contributed by atoms with Gasteiger partial charge in [0, 0.05) is 0 Å². The van der Waals surface area contributed by atoms with Gasteiger partial charge in [-0.05, 0) is 72.0 Å². The van der Waals surface area contributed by atoms with Gasteiger partial charge in [0.2, 0.25) is 0 Å². The van der Waals surface area contributed by atoms with Crippen LogP contribution in [0.3, 0.4) is 0 Å². The van der Waals surface area contributed by atoms with Crippen LogP contribution in [0.2, 0.25) is 0 Å². The Hall–Kier alpha value is -0.300. The molecule has 0 N–H and O–H groups in total. The molecule has 1 aliphatic rings. The Bertz CT molecular complexity index is 182. The van der Waals surface area contributed by atoms with E-state index >= 15 is 0 Å². The lowest BCUT2D eigenvalue weighted by Crippen LogP contribution is -2.14. The lowest BCUT2D eigenvalue weighted by molar-refractivity contribution is 0.350. The first-order valence-corrected chi connectivity index (χ1v) is 5.99. The van der Waals surface area contributed by atoms with Crippen LogP contribution >= 0.6 is 0 Å². The molecular weight excluding hydrogens is 170 g/mol. The van der Waals surface area contributed by atoms with Gasteiger partial charge in [0.05, 0.1) is 0 Å². The third kappa shape index (κ3) is 4.80. The molecule has 0 fully saturated rings. The average molecular weight is 195 g/mol. The third-order valence-electron chi connectivity index (χ3n) is 3.23. The number of hydrogen-bond acceptors (Lipinski definition) is 1. The molecule has 1 heteroatoms. The first-order valence-electron chi connectivity index (χ1n) is 5.99. The quantitative estimate of drug-likeness (QED) is 0.621. The largest absolute Gasteiger partial charge is 0.309 e. The average Bonchev–Trinajstić information content (AvgIpc) is 2.30. The third-order valence-corrected chi connectivity index (χ3v) is 3.23. The molecule has 0 aliphatic heterocycles. The van der Waals surface area contributed by atoms with Gasteiger partial charge in [-0.25, -0.2) is 0 Å². The standard InChI is InChI=1S/C13H25N/c1-12-6-4-7-13(10-9-12)8-5-11-14(2)3/h6,13H,4-5,7-11H2,1-3H3. The van der Waals surface area contributed by atoms with Crippen molar-refractivity contribution in [1.29, 1.82) is 0 Å². The van der Waals surface area contributed by atoms with Crippen LogP contribution in [0.4, 0.5) is 0 Å². The fraction of sp³-hybridized carbons (Fsp3) is 0.846. The van der Waals surface area contributed by atoms with Gasteiger partial charge in [-0.3, -0.25) is 0 Å². The van der Waals surface area contributed by atoms with Gasteiger partial charge in [-0.2, -0.15) is 0 Å². The van der Waals surface area contributed by atoms with Crippen LogP contribution in [-0.4, -0.2) is 25.5 Å². The predicted molar refractivity (Wildman–Crippen MR) is 63.5 cm³/mol. The topological polar surface area (TPSA) is 3.24 Å². The van der Waals surface area contributed by atoms with E-state index in [4.69, 9.17) is 0 Å². The zero-order valence-electron chi connectivity index (χ0n) is 10.1. The molecule has 14 heavy (non-hydrogen) atoms. The molecule has 0 spiro atoms. The van der Waals surface area contributed by atoms with Gasteiger partial charge in [0.1, 0.15) is 0 Å². The van der Waals surface area contributed by atoms with Crippen molar-refractivity contribution in [3.8, 4) is 0 Å². The van der Waals surface area contributed by atoms with Crippen LogP contribution in [0, 0.1) is 5.92 Å². The van der Waals surface area contributed by atoms with Crippen molar-refractivity contribution < 1.29 is 0 Å². The summed E-state index contributed by atoms with van der Waals surface area (Å²) in [5.41, 5.74) is 1.61. The smallest absolute Gasteiger partial charge is 0.00247 e. The molecule has 1 atom stereocenters. The van der Waals surface area contributed by atoms with Crippen LogP contribution in [0.1, 0.15) is 45.4 Å². The Morgan fingerprint density at radius 2 is 2.14 bits per heavy atom. The summed E-state index contributed by atoms with van der Waals surface area (Å²) in [6, 6.07) is 0. The Kier molecular flexibility index (Phi) is 5.24. The van der Waals surface area contributed by atoms with Crippen LogP contribution in [0.5, 0.6) is 0 Å². The van der Waals surface area contributed by atoms with Crippen LogP contribution in [-0.2, 0) is 0 Å². The van der Waals surface area contributed by atoms with E-state index in [1.165, 1.54) is 45.1 Å². The minimum atomic E-state index is 0.989. The molecule has 0 amide bonds. The molecule has 0 saturated heterocycles. The molecule has 82 valence electrons. The van der Waals surface area contributed by atoms with Crippen molar-refractivity contribution in [2.75, 3.05) is 20.6 Å². The number of hydrogen-bond donors (Lipinski definition) is 0. The fourth-order valence-corrected chi connectivity index (χ4v) is 2.23. The summed E-state index contributed by atoms with van der Waals surface area (Å²) in [5.74, 6) is 0.989. The predicted octanol–water partition coefficient (Wildman–Crippen LogP) is 3.46. The molecule has 0 bridgehead atoms. The molecule has 0 aromatic rings. The highest BCUT2D eigenvalue weighted by Crippen LogP contribution is 2.26. The summed E-state index contributed by atoms with van der Waals surface area (Å²) in [5, 5.41) is 0. The summed E-state index contributed by atoms with van der Waals surface area (Å²) in [7, 11) is 4.33. The SMILES string of the molecule is CC1=CCCC(CCCN(C)C)CC1. The molecule has 0 saturated carbocycles. The molecule has 1 unspecified atom stereocenters. The van der Waals surface area contributed by atoms with E-state index in [2.05, 4.69) is 32.0 Å². The Labute approximate surface area is 89.2 Å². The van der Waals surface area contributed by atoms with E-state index in [0.29, 0.717) is 0 Å². The maximum absolute atomic E-state index is 2.44. The highest BCUT2D eigenvalue weighted by Gasteiger charge is 2.11. The van der Waals surface area contributed by atoms with E-state index in [-0.39, 0.29) is 0 Å².